The first-order valence-electron chi connectivity index (χ1n) is 6.03. The lowest BCUT2D eigenvalue weighted by Gasteiger charge is -2.04. The van der Waals surface area contributed by atoms with Crippen molar-refractivity contribution in [1.82, 2.24) is 9.69 Å². The molecule has 0 aromatic carbocycles. The van der Waals surface area contributed by atoms with E-state index >= 15 is 0 Å². The molecule has 5 heteroatoms. The molecule has 0 aliphatic heterocycles. The van der Waals surface area contributed by atoms with E-state index in [1.54, 1.807) is 6.07 Å². The van der Waals surface area contributed by atoms with Gasteiger partial charge in [-0.1, -0.05) is 13.3 Å². The normalized spacial score (nSPS) is 10.5. The summed E-state index contributed by atoms with van der Waals surface area (Å²) in [6.07, 6.45) is 3.10. The lowest BCUT2D eigenvalue weighted by molar-refractivity contribution is 0.0936. The summed E-state index contributed by atoms with van der Waals surface area (Å²) in [6.45, 7) is 6.24. The number of nitrogens with zero attached hydrogens (tertiary/aromatic N) is 1. The number of amides is 1. The second-order valence-corrected chi connectivity index (χ2v) is 4.91. The SMILES string of the molecule is CCCCOCCCNC(=O)c1cc(C)sn1. The van der Waals surface area contributed by atoms with Crippen molar-refractivity contribution in [3.05, 3.63) is 16.6 Å². The van der Waals surface area contributed by atoms with E-state index in [1.165, 1.54) is 11.5 Å². The summed E-state index contributed by atoms with van der Waals surface area (Å²) in [6, 6.07) is 1.80. The van der Waals surface area contributed by atoms with Crippen molar-refractivity contribution in [3.63, 3.8) is 0 Å². The lowest BCUT2D eigenvalue weighted by Crippen LogP contribution is -2.25. The number of aromatic nitrogens is 1. The Labute approximate surface area is 107 Å². The van der Waals surface area contributed by atoms with E-state index in [1.807, 2.05) is 6.92 Å². The molecule has 0 atom stereocenters. The highest BCUT2D eigenvalue weighted by Gasteiger charge is 2.07. The topological polar surface area (TPSA) is 51.2 Å². The van der Waals surface area contributed by atoms with Gasteiger partial charge in [-0.05, 0) is 37.4 Å². The van der Waals surface area contributed by atoms with Gasteiger partial charge in [0.1, 0.15) is 5.69 Å². The third kappa shape index (κ3) is 5.79. The molecule has 1 rings (SSSR count). The van der Waals surface area contributed by atoms with E-state index < -0.39 is 0 Å². The molecule has 0 fully saturated rings. The average Bonchev–Trinajstić information content (AvgIpc) is 2.74. The summed E-state index contributed by atoms with van der Waals surface area (Å²) in [7, 11) is 0. The molecule has 0 aliphatic rings. The van der Waals surface area contributed by atoms with Gasteiger partial charge in [-0.2, -0.15) is 4.37 Å². The maximum Gasteiger partial charge on any atom is 0.270 e. The molecule has 0 saturated carbocycles. The first-order valence-corrected chi connectivity index (χ1v) is 6.80. The minimum atomic E-state index is -0.0945. The molecule has 1 amide bonds. The van der Waals surface area contributed by atoms with Gasteiger partial charge in [-0.25, -0.2) is 0 Å². The molecular formula is C12H20N2O2S. The van der Waals surface area contributed by atoms with Crippen LogP contribution in [0.1, 0.15) is 41.6 Å². The summed E-state index contributed by atoms with van der Waals surface area (Å²) < 4.78 is 9.45. The van der Waals surface area contributed by atoms with Crippen LogP contribution in [-0.4, -0.2) is 30.0 Å². The number of nitrogens with one attached hydrogen (secondary N) is 1. The van der Waals surface area contributed by atoms with E-state index in [0.29, 0.717) is 18.8 Å². The first-order chi connectivity index (χ1) is 8.24. The van der Waals surface area contributed by atoms with E-state index in [9.17, 15) is 4.79 Å². The van der Waals surface area contributed by atoms with Crippen molar-refractivity contribution in [3.8, 4) is 0 Å². The van der Waals surface area contributed by atoms with Crippen LogP contribution in [0.4, 0.5) is 0 Å². The third-order valence-corrected chi connectivity index (χ3v) is 2.95. The van der Waals surface area contributed by atoms with Gasteiger partial charge in [-0.15, -0.1) is 0 Å². The Bertz CT molecular complexity index is 339. The number of aryl methyl sites for hydroxylation is 1. The molecule has 0 spiro atoms. The molecule has 1 heterocycles. The third-order valence-electron chi connectivity index (χ3n) is 2.25. The number of carbonyl (C=O) groups excluding carboxylic acids is 1. The van der Waals surface area contributed by atoms with Crippen LogP contribution in [0.15, 0.2) is 6.07 Å². The Morgan fingerprint density at radius 2 is 2.24 bits per heavy atom. The zero-order chi connectivity index (χ0) is 12.5. The van der Waals surface area contributed by atoms with E-state index in [0.717, 1.165) is 30.7 Å². The van der Waals surface area contributed by atoms with Crippen molar-refractivity contribution in [1.29, 1.82) is 0 Å². The standard InChI is InChI=1S/C12H20N2O2S/c1-3-4-7-16-8-5-6-13-12(15)11-9-10(2)17-14-11/h9H,3-8H2,1-2H3,(H,13,15). The Balaban J connectivity index is 2.05. The molecule has 1 aromatic heterocycles. The van der Waals surface area contributed by atoms with Crippen molar-refractivity contribution < 1.29 is 9.53 Å². The van der Waals surface area contributed by atoms with Crippen LogP contribution < -0.4 is 5.32 Å². The van der Waals surface area contributed by atoms with E-state index in [2.05, 4.69) is 16.6 Å². The maximum atomic E-state index is 11.6. The second kappa shape index (κ2) is 8.20. The lowest BCUT2D eigenvalue weighted by atomic mass is 10.3. The Morgan fingerprint density at radius 3 is 2.88 bits per heavy atom. The zero-order valence-corrected chi connectivity index (χ0v) is 11.3. The van der Waals surface area contributed by atoms with Gasteiger partial charge in [0.25, 0.3) is 5.91 Å². The maximum absolute atomic E-state index is 11.6. The predicted molar refractivity (Wildman–Crippen MR) is 69.5 cm³/mol. The fourth-order valence-electron chi connectivity index (χ4n) is 1.29. The van der Waals surface area contributed by atoms with Gasteiger partial charge in [0.05, 0.1) is 0 Å². The van der Waals surface area contributed by atoms with Crippen LogP contribution in [0.2, 0.25) is 0 Å². The van der Waals surface area contributed by atoms with Crippen molar-refractivity contribution in [2.24, 2.45) is 0 Å². The smallest absolute Gasteiger partial charge is 0.270 e. The molecule has 4 nitrogen and oxygen atoms in total. The Morgan fingerprint density at radius 1 is 1.47 bits per heavy atom. The number of hydrogen-bond acceptors (Lipinski definition) is 4. The molecule has 0 aliphatic carbocycles. The number of rotatable bonds is 8. The predicted octanol–water partition coefficient (Wildman–Crippen LogP) is 2.39. The van der Waals surface area contributed by atoms with Crippen molar-refractivity contribution in [2.75, 3.05) is 19.8 Å². The molecule has 1 N–H and O–H groups in total. The number of ether oxygens (including phenoxy) is 1. The molecule has 1 aromatic rings. The Kier molecular flexibility index (Phi) is 6.81. The number of unbranched alkanes of at least 4 members (excludes halogenated alkanes) is 1. The highest BCUT2D eigenvalue weighted by Crippen LogP contribution is 2.07. The van der Waals surface area contributed by atoms with Crippen LogP contribution in [0, 0.1) is 6.92 Å². The number of hydrogen-bond donors (Lipinski definition) is 1. The minimum Gasteiger partial charge on any atom is -0.381 e. The Hall–Kier alpha value is -0.940. The minimum absolute atomic E-state index is 0.0945. The van der Waals surface area contributed by atoms with Crippen molar-refractivity contribution >= 4 is 17.4 Å². The van der Waals surface area contributed by atoms with Gasteiger partial charge in [0.2, 0.25) is 0 Å². The van der Waals surface area contributed by atoms with Crippen LogP contribution in [0.25, 0.3) is 0 Å². The molecule has 0 saturated heterocycles. The van der Waals surface area contributed by atoms with Crippen LogP contribution in [0.5, 0.6) is 0 Å². The number of carbonyl (C=O) groups is 1. The summed E-state index contributed by atoms with van der Waals surface area (Å²) in [4.78, 5) is 12.6. The molecule has 0 unspecified atom stereocenters. The van der Waals surface area contributed by atoms with Crippen molar-refractivity contribution in [2.45, 2.75) is 33.1 Å². The quantitative estimate of drug-likeness (QED) is 0.727. The van der Waals surface area contributed by atoms with Crippen LogP contribution in [0.3, 0.4) is 0 Å². The van der Waals surface area contributed by atoms with Gasteiger partial charge < -0.3 is 10.1 Å². The second-order valence-electron chi connectivity index (χ2n) is 3.90. The fraction of sp³-hybridized carbons (Fsp3) is 0.667. The van der Waals surface area contributed by atoms with Crippen LogP contribution >= 0.6 is 11.5 Å². The summed E-state index contributed by atoms with van der Waals surface area (Å²) >= 11 is 1.35. The summed E-state index contributed by atoms with van der Waals surface area (Å²) in [5.41, 5.74) is 0.513. The molecule has 96 valence electrons. The highest BCUT2D eigenvalue weighted by molar-refractivity contribution is 7.05. The van der Waals surface area contributed by atoms with Gasteiger partial charge in [0.15, 0.2) is 0 Å². The largest absolute Gasteiger partial charge is 0.381 e. The molecule has 0 bridgehead atoms. The van der Waals surface area contributed by atoms with Crippen LogP contribution in [-0.2, 0) is 4.74 Å². The average molecular weight is 256 g/mol. The fourth-order valence-corrected chi connectivity index (χ4v) is 1.83. The van der Waals surface area contributed by atoms with E-state index in [-0.39, 0.29) is 5.91 Å². The van der Waals surface area contributed by atoms with E-state index in [4.69, 9.17) is 4.74 Å². The molecular weight excluding hydrogens is 236 g/mol. The molecule has 0 radical (unpaired) electrons. The van der Waals surface area contributed by atoms with Gasteiger partial charge in [0, 0.05) is 24.6 Å². The monoisotopic (exact) mass is 256 g/mol. The summed E-state index contributed by atoms with van der Waals surface area (Å²) in [5, 5.41) is 2.83. The summed E-state index contributed by atoms with van der Waals surface area (Å²) in [5.74, 6) is -0.0945. The van der Waals surface area contributed by atoms with Gasteiger partial charge >= 0.3 is 0 Å². The molecule has 17 heavy (non-hydrogen) atoms. The first kappa shape index (κ1) is 14.1. The van der Waals surface area contributed by atoms with Gasteiger partial charge in [-0.3, -0.25) is 4.79 Å². The highest BCUT2D eigenvalue weighted by atomic mass is 32.1. The zero-order valence-electron chi connectivity index (χ0n) is 10.5.